The monoisotopic (exact) mass is 476 g/mol. The van der Waals surface area contributed by atoms with E-state index in [0.29, 0.717) is 6.61 Å². The lowest BCUT2D eigenvalue weighted by Crippen LogP contribution is -2.03. The maximum Gasteiger partial charge on any atom is 0.129 e. The zero-order valence-electron chi connectivity index (χ0n) is 20.4. The van der Waals surface area contributed by atoms with Crippen molar-refractivity contribution in [2.24, 2.45) is 7.05 Å². The van der Waals surface area contributed by atoms with Gasteiger partial charge in [-0.15, -0.1) is 0 Å². The van der Waals surface area contributed by atoms with Gasteiger partial charge in [-0.05, 0) is 71.6 Å². The number of benzene rings is 2. The van der Waals surface area contributed by atoms with Crippen molar-refractivity contribution in [2.75, 3.05) is 13.7 Å². The van der Waals surface area contributed by atoms with E-state index in [-0.39, 0.29) is 0 Å². The summed E-state index contributed by atoms with van der Waals surface area (Å²) in [5.41, 5.74) is 6.08. The second-order valence-corrected chi connectivity index (χ2v) is 8.48. The quantitative estimate of drug-likeness (QED) is 0.272. The molecule has 5 aromatic rings. The van der Waals surface area contributed by atoms with Crippen LogP contribution in [0.5, 0.6) is 11.5 Å². The maximum atomic E-state index is 5.89. The van der Waals surface area contributed by atoms with Crippen molar-refractivity contribution in [1.29, 1.82) is 0 Å². The van der Waals surface area contributed by atoms with E-state index >= 15 is 0 Å². The fourth-order valence-electron chi connectivity index (χ4n) is 4.01. The van der Waals surface area contributed by atoms with E-state index in [1.165, 1.54) is 10.9 Å². The molecule has 1 N–H and O–H groups in total. The number of pyridine rings is 1. The molecule has 0 atom stereocenters. The van der Waals surface area contributed by atoms with Crippen molar-refractivity contribution in [3.63, 3.8) is 0 Å². The van der Waals surface area contributed by atoms with E-state index in [4.69, 9.17) is 9.47 Å². The third-order valence-electron chi connectivity index (χ3n) is 5.98. The third-order valence-corrected chi connectivity index (χ3v) is 5.98. The Hall–Kier alpha value is -4.58. The number of nitrogens with zero attached hydrogens (tertiary/aromatic N) is 3. The molecule has 0 aliphatic rings. The van der Waals surface area contributed by atoms with Crippen LogP contribution in [-0.2, 0) is 13.5 Å². The van der Waals surface area contributed by atoms with Gasteiger partial charge in [0.15, 0.2) is 0 Å². The summed E-state index contributed by atoms with van der Waals surface area (Å²) in [7, 11) is 3.72. The van der Waals surface area contributed by atoms with Gasteiger partial charge in [0.25, 0.3) is 0 Å². The summed E-state index contributed by atoms with van der Waals surface area (Å²) in [5.74, 6) is 1.51. The minimum Gasteiger partial charge on any atom is -0.496 e. The Labute approximate surface area is 210 Å². The molecule has 2 aromatic carbocycles. The van der Waals surface area contributed by atoms with Crippen LogP contribution in [-0.4, -0.2) is 33.5 Å². The Morgan fingerprint density at radius 3 is 2.75 bits per heavy atom. The van der Waals surface area contributed by atoms with Gasteiger partial charge >= 0.3 is 0 Å². The Kier molecular flexibility index (Phi) is 6.94. The molecule has 180 valence electrons. The van der Waals surface area contributed by atoms with E-state index in [9.17, 15) is 0 Å². The fraction of sp³-hybridized carbons (Fsp3) is 0.133. The molecule has 0 saturated heterocycles. The first-order chi connectivity index (χ1) is 17.7. The molecule has 0 saturated carbocycles. The summed E-state index contributed by atoms with van der Waals surface area (Å²) < 4.78 is 13.6. The molecule has 5 rings (SSSR count). The van der Waals surface area contributed by atoms with Gasteiger partial charge in [-0.3, -0.25) is 10.1 Å². The summed E-state index contributed by atoms with van der Waals surface area (Å²) in [6, 6.07) is 22.3. The SMILES string of the molecule is COc1cc(OCCc2ccccn2)ccc1/C=C/c1cc(C=Cc2ccc3ccn(C)c3c2)n[nH]1. The minimum atomic E-state index is 0.554. The Balaban J connectivity index is 1.22. The van der Waals surface area contributed by atoms with Crippen LogP contribution in [0.1, 0.15) is 28.2 Å². The maximum absolute atomic E-state index is 5.89. The van der Waals surface area contributed by atoms with Crippen LogP contribution in [0.3, 0.4) is 0 Å². The molecule has 0 amide bonds. The molecular weight excluding hydrogens is 448 g/mol. The van der Waals surface area contributed by atoms with Gasteiger partial charge in [0.2, 0.25) is 0 Å². The van der Waals surface area contributed by atoms with Crippen molar-refractivity contribution < 1.29 is 9.47 Å². The Morgan fingerprint density at radius 2 is 1.89 bits per heavy atom. The average molecular weight is 477 g/mol. The van der Waals surface area contributed by atoms with Crippen molar-refractivity contribution in [2.45, 2.75) is 6.42 Å². The topological polar surface area (TPSA) is 65.0 Å². The highest BCUT2D eigenvalue weighted by molar-refractivity contribution is 5.84. The number of ether oxygens (including phenoxy) is 2. The first-order valence-electron chi connectivity index (χ1n) is 11.9. The molecule has 0 aliphatic heterocycles. The number of aromatic amines is 1. The number of hydrogen-bond acceptors (Lipinski definition) is 4. The summed E-state index contributed by atoms with van der Waals surface area (Å²) >= 11 is 0. The number of methoxy groups -OCH3 is 1. The Morgan fingerprint density at radius 1 is 0.944 bits per heavy atom. The van der Waals surface area contributed by atoms with E-state index in [0.717, 1.165) is 46.1 Å². The summed E-state index contributed by atoms with van der Waals surface area (Å²) in [6.45, 7) is 0.554. The molecular formula is C30H28N4O2. The zero-order chi connectivity index (χ0) is 24.7. The predicted molar refractivity (Wildman–Crippen MR) is 146 cm³/mol. The highest BCUT2D eigenvalue weighted by Crippen LogP contribution is 2.27. The minimum absolute atomic E-state index is 0.554. The first-order valence-corrected chi connectivity index (χ1v) is 11.9. The molecule has 3 aromatic heterocycles. The van der Waals surface area contributed by atoms with Crippen LogP contribution in [0.4, 0.5) is 0 Å². The van der Waals surface area contributed by atoms with Gasteiger partial charge in [-0.25, -0.2) is 0 Å². The smallest absolute Gasteiger partial charge is 0.129 e. The van der Waals surface area contributed by atoms with Crippen molar-refractivity contribution in [1.82, 2.24) is 19.7 Å². The number of hydrogen-bond donors (Lipinski definition) is 1. The lowest BCUT2D eigenvalue weighted by molar-refractivity contribution is 0.317. The van der Waals surface area contributed by atoms with Gasteiger partial charge in [0.1, 0.15) is 11.5 Å². The van der Waals surface area contributed by atoms with Gasteiger partial charge < -0.3 is 14.0 Å². The number of fused-ring (bicyclic) bond motifs is 1. The van der Waals surface area contributed by atoms with Gasteiger partial charge in [0.05, 0.1) is 25.1 Å². The highest BCUT2D eigenvalue weighted by Gasteiger charge is 2.05. The number of aryl methyl sites for hydroxylation is 1. The molecule has 0 aliphatic carbocycles. The standard InChI is InChI=1S/C30H28N4O2/c1-34-17-14-23-8-6-22(19-29(23)34)7-11-26-20-27(33-32-26)12-9-24-10-13-28(21-30(24)35-2)36-18-15-25-5-3-4-16-31-25/h3-14,16-17,19-21H,15,18H2,1-2H3,(H,32,33)/b11-7?,12-9+. The van der Waals surface area contributed by atoms with E-state index in [2.05, 4.69) is 63.3 Å². The van der Waals surface area contributed by atoms with Gasteiger partial charge in [-0.1, -0.05) is 24.3 Å². The summed E-state index contributed by atoms with van der Waals surface area (Å²) in [6.07, 6.45) is 12.7. The normalized spacial score (nSPS) is 11.6. The fourth-order valence-corrected chi connectivity index (χ4v) is 4.01. The van der Waals surface area contributed by atoms with E-state index in [1.807, 2.05) is 60.7 Å². The highest BCUT2D eigenvalue weighted by atomic mass is 16.5. The number of rotatable bonds is 9. The molecule has 6 nitrogen and oxygen atoms in total. The van der Waals surface area contributed by atoms with E-state index in [1.54, 1.807) is 13.3 Å². The van der Waals surface area contributed by atoms with Crippen molar-refractivity contribution in [3.8, 4) is 11.5 Å². The van der Waals surface area contributed by atoms with Crippen LogP contribution in [0.25, 0.3) is 35.2 Å². The van der Waals surface area contributed by atoms with Gasteiger partial charge in [-0.2, -0.15) is 5.10 Å². The molecule has 0 bridgehead atoms. The predicted octanol–water partition coefficient (Wildman–Crippen LogP) is 6.27. The number of aromatic nitrogens is 4. The molecule has 0 radical (unpaired) electrons. The van der Waals surface area contributed by atoms with Crippen molar-refractivity contribution in [3.05, 3.63) is 107 Å². The molecule has 0 unspecified atom stereocenters. The zero-order valence-corrected chi connectivity index (χ0v) is 20.4. The second-order valence-electron chi connectivity index (χ2n) is 8.48. The molecule has 3 heterocycles. The van der Waals surface area contributed by atoms with Crippen molar-refractivity contribution >= 4 is 35.2 Å². The van der Waals surface area contributed by atoms with Crippen LogP contribution in [0.2, 0.25) is 0 Å². The lowest BCUT2D eigenvalue weighted by atomic mass is 10.1. The van der Waals surface area contributed by atoms with Crippen LogP contribution >= 0.6 is 0 Å². The number of nitrogens with one attached hydrogen (secondary N) is 1. The second kappa shape index (κ2) is 10.8. The first kappa shape index (κ1) is 23.2. The van der Waals surface area contributed by atoms with Gasteiger partial charge in [0, 0.05) is 48.7 Å². The summed E-state index contributed by atoms with van der Waals surface area (Å²) in [4.78, 5) is 4.32. The lowest BCUT2D eigenvalue weighted by Gasteiger charge is -2.10. The molecule has 0 spiro atoms. The average Bonchev–Trinajstić information content (AvgIpc) is 3.53. The van der Waals surface area contributed by atoms with Crippen LogP contribution in [0, 0.1) is 0 Å². The molecule has 36 heavy (non-hydrogen) atoms. The van der Waals surface area contributed by atoms with Crippen LogP contribution in [0.15, 0.2) is 79.1 Å². The number of H-pyrrole nitrogens is 1. The molecule has 6 heteroatoms. The largest absolute Gasteiger partial charge is 0.496 e. The van der Waals surface area contributed by atoms with Crippen LogP contribution < -0.4 is 9.47 Å². The van der Waals surface area contributed by atoms with E-state index < -0.39 is 0 Å². The third kappa shape index (κ3) is 5.55. The summed E-state index contributed by atoms with van der Waals surface area (Å²) in [5, 5.41) is 8.72. The molecule has 0 fully saturated rings. The Bertz CT molecular complexity index is 1510.